The highest BCUT2D eigenvalue weighted by molar-refractivity contribution is 6.40. The predicted molar refractivity (Wildman–Crippen MR) is 69.6 cm³/mol. The van der Waals surface area contributed by atoms with Crippen molar-refractivity contribution < 1.29 is 14.0 Å². The van der Waals surface area contributed by atoms with Crippen LogP contribution in [0.2, 0.25) is 10.0 Å². The summed E-state index contributed by atoms with van der Waals surface area (Å²) in [6.45, 7) is 0. The lowest BCUT2D eigenvalue weighted by atomic mass is 10.1. The number of fused-ring (bicyclic) bond motifs is 1. The van der Waals surface area contributed by atoms with Gasteiger partial charge in [-0.25, -0.2) is 4.39 Å². The molecular weight excluding hydrogens is 292 g/mol. The first-order valence-electron chi connectivity index (χ1n) is 5.29. The topological polar surface area (TPSA) is 45.9 Å². The van der Waals surface area contributed by atoms with E-state index in [4.69, 9.17) is 27.7 Å². The zero-order valence-electron chi connectivity index (χ0n) is 9.28. The highest BCUT2D eigenvalue weighted by Crippen LogP contribution is 2.42. The minimum Gasteiger partial charge on any atom is -0.354 e. The van der Waals surface area contributed by atoms with E-state index in [1.165, 1.54) is 12.1 Å². The summed E-state index contributed by atoms with van der Waals surface area (Å²) < 4.78 is 18.8. The molecule has 95 valence electrons. The summed E-state index contributed by atoms with van der Waals surface area (Å²) in [5.74, 6) is -0.983. The third kappa shape index (κ3) is 1.84. The van der Waals surface area contributed by atoms with Crippen molar-refractivity contribution >= 4 is 34.2 Å². The molecule has 0 unspecified atom stereocenters. The van der Waals surface area contributed by atoms with Crippen molar-refractivity contribution in [3.8, 4) is 17.0 Å². The number of hydrogen-bond acceptors (Lipinski definition) is 2. The Morgan fingerprint density at radius 2 is 1.95 bits per heavy atom. The summed E-state index contributed by atoms with van der Waals surface area (Å²) in [6.07, 6.45) is 0. The van der Waals surface area contributed by atoms with Crippen LogP contribution in [-0.4, -0.2) is 5.16 Å². The normalized spacial score (nSPS) is 11.1. The van der Waals surface area contributed by atoms with Crippen molar-refractivity contribution in [2.45, 2.75) is 0 Å². The lowest BCUT2D eigenvalue weighted by molar-refractivity contribution is 0.354. The van der Waals surface area contributed by atoms with E-state index in [2.05, 4.69) is 5.16 Å². The van der Waals surface area contributed by atoms with E-state index in [1.54, 1.807) is 18.2 Å². The first-order valence-corrected chi connectivity index (χ1v) is 6.04. The van der Waals surface area contributed by atoms with Crippen LogP contribution in [0.5, 0.6) is 5.75 Å². The van der Waals surface area contributed by atoms with Crippen LogP contribution in [0.25, 0.3) is 22.2 Å². The van der Waals surface area contributed by atoms with Gasteiger partial charge in [0.15, 0.2) is 5.58 Å². The van der Waals surface area contributed by atoms with Gasteiger partial charge in [-0.2, -0.15) is 0 Å². The molecule has 0 atom stereocenters. The Balaban J connectivity index is 2.36. The Bertz CT molecular complexity index is 786. The standard InChI is InChI=1S/C13H5Cl2FNO2/c14-8-5-7-11(6-3-1-2-4-9(6)16)17-19-13(7)10(15)12(8)18/h1-5H. The average molecular weight is 297 g/mol. The van der Waals surface area contributed by atoms with E-state index in [0.717, 1.165) is 0 Å². The van der Waals surface area contributed by atoms with E-state index in [-0.39, 0.29) is 26.9 Å². The van der Waals surface area contributed by atoms with Crippen LogP contribution in [-0.2, 0) is 5.11 Å². The molecule has 0 N–H and O–H groups in total. The molecular formula is C13H5Cl2FNO2. The quantitative estimate of drug-likeness (QED) is 0.628. The minimum absolute atomic E-state index is 0.0571. The third-order valence-electron chi connectivity index (χ3n) is 2.74. The molecule has 19 heavy (non-hydrogen) atoms. The fraction of sp³-hybridized carbons (Fsp3) is 0. The minimum atomic E-state index is -0.535. The van der Waals surface area contributed by atoms with Crippen LogP contribution in [0, 0.1) is 5.82 Å². The van der Waals surface area contributed by atoms with Crippen molar-refractivity contribution in [1.29, 1.82) is 0 Å². The van der Waals surface area contributed by atoms with Crippen LogP contribution >= 0.6 is 23.2 Å². The van der Waals surface area contributed by atoms with Crippen LogP contribution in [0.15, 0.2) is 34.9 Å². The molecule has 0 saturated heterocycles. The number of hydrogen-bond donors (Lipinski definition) is 0. The monoisotopic (exact) mass is 296 g/mol. The Labute approximate surface area is 117 Å². The predicted octanol–water partition coefficient (Wildman–Crippen LogP) is 5.08. The molecule has 2 aromatic carbocycles. The highest BCUT2D eigenvalue weighted by atomic mass is 35.5. The average Bonchev–Trinajstić information content (AvgIpc) is 2.80. The van der Waals surface area contributed by atoms with Crippen LogP contribution < -0.4 is 0 Å². The number of benzene rings is 2. The van der Waals surface area contributed by atoms with E-state index >= 15 is 0 Å². The van der Waals surface area contributed by atoms with Gasteiger partial charge in [-0.1, -0.05) is 40.5 Å². The molecule has 0 spiro atoms. The van der Waals surface area contributed by atoms with Gasteiger partial charge in [0.05, 0.1) is 10.4 Å². The first-order chi connectivity index (χ1) is 9.09. The van der Waals surface area contributed by atoms with Gasteiger partial charge < -0.3 is 4.52 Å². The van der Waals surface area contributed by atoms with Gasteiger partial charge in [0, 0.05) is 5.56 Å². The summed E-state index contributed by atoms with van der Waals surface area (Å²) >= 11 is 11.6. The molecule has 0 aliphatic carbocycles. The lowest BCUT2D eigenvalue weighted by Crippen LogP contribution is -1.84. The number of nitrogens with zero attached hydrogens (tertiary/aromatic N) is 1. The molecule has 0 amide bonds. The molecule has 0 aliphatic heterocycles. The van der Waals surface area contributed by atoms with Gasteiger partial charge in [0.1, 0.15) is 16.5 Å². The maximum absolute atomic E-state index is 13.8. The maximum Gasteiger partial charge on any atom is 0.219 e. The van der Waals surface area contributed by atoms with Crippen molar-refractivity contribution in [3.05, 3.63) is 46.2 Å². The molecule has 1 heterocycles. The zero-order valence-corrected chi connectivity index (χ0v) is 10.8. The van der Waals surface area contributed by atoms with Crippen LogP contribution in [0.1, 0.15) is 0 Å². The summed E-state index contributed by atoms with van der Waals surface area (Å²) in [4.78, 5) is 0. The Morgan fingerprint density at radius 3 is 2.68 bits per heavy atom. The summed E-state index contributed by atoms with van der Waals surface area (Å²) in [5.41, 5.74) is 0.623. The maximum atomic E-state index is 13.8. The Morgan fingerprint density at radius 1 is 1.21 bits per heavy atom. The van der Waals surface area contributed by atoms with Gasteiger partial charge in [0.2, 0.25) is 5.75 Å². The molecule has 0 fully saturated rings. The molecule has 6 heteroatoms. The van der Waals surface area contributed by atoms with Gasteiger partial charge in [0.25, 0.3) is 0 Å². The molecule has 1 radical (unpaired) electrons. The second-order valence-corrected chi connectivity index (χ2v) is 4.67. The number of rotatable bonds is 1. The largest absolute Gasteiger partial charge is 0.354 e. The number of halogens is 3. The van der Waals surface area contributed by atoms with Crippen molar-refractivity contribution in [3.63, 3.8) is 0 Å². The van der Waals surface area contributed by atoms with E-state index in [0.29, 0.717) is 5.39 Å². The fourth-order valence-corrected chi connectivity index (χ4v) is 2.33. The summed E-state index contributed by atoms with van der Waals surface area (Å²) in [5, 5.41) is 15.5. The van der Waals surface area contributed by atoms with E-state index < -0.39 is 11.6 Å². The van der Waals surface area contributed by atoms with Crippen LogP contribution in [0.4, 0.5) is 4.39 Å². The molecule has 0 aliphatic rings. The molecule has 3 aromatic rings. The van der Waals surface area contributed by atoms with Crippen molar-refractivity contribution in [2.75, 3.05) is 0 Å². The Hall–Kier alpha value is -1.78. The van der Waals surface area contributed by atoms with Crippen LogP contribution in [0.3, 0.4) is 0 Å². The zero-order chi connectivity index (χ0) is 13.6. The van der Waals surface area contributed by atoms with E-state index in [1.807, 2.05) is 0 Å². The second-order valence-electron chi connectivity index (χ2n) is 3.89. The summed E-state index contributed by atoms with van der Waals surface area (Å²) in [7, 11) is 0. The molecule has 0 bridgehead atoms. The second kappa shape index (κ2) is 4.40. The highest BCUT2D eigenvalue weighted by Gasteiger charge is 2.20. The first kappa shape index (κ1) is 12.3. The van der Waals surface area contributed by atoms with Crippen molar-refractivity contribution in [1.82, 2.24) is 5.16 Å². The van der Waals surface area contributed by atoms with Crippen molar-refractivity contribution in [2.24, 2.45) is 0 Å². The molecule has 3 nitrogen and oxygen atoms in total. The third-order valence-corrected chi connectivity index (χ3v) is 3.37. The van der Waals surface area contributed by atoms with Gasteiger partial charge >= 0.3 is 0 Å². The SMILES string of the molecule is [O]c1c(Cl)cc2c(-c3ccccc3F)noc2c1Cl. The summed E-state index contributed by atoms with van der Waals surface area (Å²) in [6, 6.07) is 7.48. The fourth-order valence-electron chi connectivity index (χ4n) is 1.84. The lowest BCUT2D eigenvalue weighted by Gasteiger charge is -2.00. The molecule has 1 aromatic heterocycles. The molecule has 3 rings (SSSR count). The number of aromatic nitrogens is 1. The van der Waals surface area contributed by atoms with Gasteiger partial charge in [-0.05, 0) is 18.2 Å². The molecule has 0 saturated carbocycles. The Kier molecular flexibility index (Phi) is 2.84. The van der Waals surface area contributed by atoms with E-state index in [9.17, 15) is 9.50 Å². The van der Waals surface area contributed by atoms with Gasteiger partial charge in [-0.3, -0.25) is 5.11 Å². The smallest absolute Gasteiger partial charge is 0.219 e. The van der Waals surface area contributed by atoms with Gasteiger partial charge in [-0.15, -0.1) is 0 Å².